The molecule has 2 aromatic rings. The van der Waals surface area contributed by atoms with Crippen LogP contribution in [0.5, 0.6) is 5.75 Å². The smallest absolute Gasteiger partial charge is 0.284 e. The van der Waals surface area contributed by atoms with Crippen LogP contribution in [0, 0.1) is 10.1 Å². The van der Waals surface area contributed by atoms with Crippen molar-refractivity contribution < 1.29 is 14.8 Å². The molecular weight excluding hydrogens is 292 g/mol. The molecule has 2 N–H and O–H groups in total. The van der Waals surface area contributed by atoms with Crippen molar-refractivity contribution in [3.63, 3.8) is 0 Å². The number of carbonyl (C=O) groups excluding carboxylic acids is 1. The minimum Gasteiger partial charge on any atom is -0.508 e. The van der Waals surface area contributed by atoms with E-state index < -0.39 is 4.92 Å². The molecule has 0 heterocycles. The number of hydrogen-bond donors (Lipinski definition) is 2. The maximum absolute atomic E-state index is 11.5. The second-order valence-corrected chi connectivity index (χ2v) is 5.23. The van der Waals surface area contributed by atoms with E-state index in [-0.39, 0.29) is 22.9 Å². The summed E-state index contributed by atoms with van der Waals surface area (Å²) in [6.07, 6.45) is 0. The first-order valence-corrected chi connectivity index (χ1v) is 6.80. The van der Waals surface area contributed by atoms with E-state index in [1.165, 1.54) is 37.4 Å². The van der Waals surface area contributed by atoms with Crippen molar-refractivity contribution in [3.05, 3.63) is 58.1 Å². The standard InChI is InChI=1S/C14H12N2O4S/c1-15-14(18)9-5-6-13(12(7-9)16(19)20)21-11-4-2-3-10(17)8-11/h2-8,17H,1H3,(H,15,18). The van der Waals surface area contributed by atoms with Gasteiger partial charge in [-0.25, -0.2) is 0 Å². The zero-order valence-corrected chi connectivity index (χ0v) is 11.9. The van der Waals surface area contributed by atoms with Gasteiger partial charge >= 0.3 is 0 Å². The first-order valence-electron chi connectivity index (χ1n) is 5.98. The summed E-state index contributed by atoms with van der Waals surface area (Å²) in [6.45, 7) is 0. The molecule has 0 aromatic heterocycles. The highest BCUT2D eigenvalue weighted by Gasteiger charge is 2.18. The Morgan fingerprint density at radius 1 is 1.29 bits per heavy atom. The quantitative estimate of drug-likeness (QED) is 0.669. The van der Waals surface area contributed by atoms with Crippen molar-refractivity contribution in [3.8, 4) is 5.75 Å². The van der Waals surface area contributed by atoms with E-state index in [1.807, 2.05) is 0 Å². The molecule has 0 aliphatic rings. The summed E-state index contributed by atoms with van der Waals surface area (Å²) in [4.78, 5) is 23.2. The van der Waals surface area contributed by atoms with Gasteiger partial charge in [0.2, 0.25) is 0 Å². The van der Waals surface area contributed by atoms with Crippen molar-refractivity contribution in [1.29, 1.82) is 0 Å². The van der Waals surface area contributed by atoms with E-state index in [0.29, 0.717) is 9.79 Å². The van der Waals surface area contributed by atoms with Gasteiger partial charge in [0.15, 0.2) is 0 Å². The Labute approximate surface area is 125 Å². The molecule has 0 unspecified atom stereocenters. The normalized spacial score (nSPS) is 10.1. The lowest BCUT2D eigenvalue weighted by Crippen LogP contribution is -2.17. The van der Waals surface area contributed by atoms with Gasteiger partial charge in [0.25, 0.3) is 11.6 Å². The Hall–Kier alpha value is -2.54. The molecule has 2 aromatic carbocycles. The number of rotatable bonds is 4. The van der Waals surface area contributed by atoms with Gasteiger partial charge in [0, 0.05) is 23.6 Å². The Morgan fingerprint density at radius 3 is 2.67 bits per heavy atom. The number of nitro benzene ring substituents is 1. The average molecular weight is 304 g/mol. The van der Waals surface area contributed by atoms with Crippen LogP contribution < -0.4 is 5.32 Å². The highest BCUT2D eigenvalue weighted by molar-refractivity contribution is 7.99. The van der Waals surface area contributed by atoms with Crippen LogP contribution in [-0.4, -0.2) is 23.0 Å². The number of benzene rings is 2. The second-order valence-electron chi connectivity index (χ2n) is 4.12. The van der Waals surface area contributed by atoms with E-state index in [9.17, 15) is 20.0 Å². The highest BCUT2D eigenvalue weighted by Crippen LogP contribution is 2.36. The minimum atomic E-state index is -0.530. The fourth-order valence-electron chi connectivity index (χ4n) is 1.71. The van der Waals surface area contributed by atoms with Crippen LogP contribution in [0.4, 0.5) is 5.69 Å². The molecule has 1 amide bonds. The third-order valence-corrected chi connectivity index (χ3v) is 3.75. The predicted molar refractivity (Wildman–Crippen MR) is 78.7 cm³/mol. The Kier molecular flexibility index (Phi) is 4.44. The maximum atomic E-state index is 11.5. The van der Waals surface area contributed by atoms with Crippen molar-refractivity contribution in [1.82, 2.24) is 5.32 Å². The van der Waals surface area contributed by atoms with Gasteiger partial charge < -0.3 is 10.4 Å². The van der Waals surface area contributed by atoms with Crippen molar-refractivity contribution in [2.24, 2.45) is 0 Å². The largest absolute Gasteiger partial charge is 0.508 e. The molecule has 0 aliphatic heterocycles. The van der Waals surface area contributed by atoms with Crippen LogP contribution in [-0.2, 0) is 0 Å². The first-order chi connectivity index (χ1) is 10.0. The molecule has 0 aliphatic carbocycles. The predicted octanol–water partition coefficient (Wildman–Crippen LogP) is 2.81. The Balaban J connectivity index is 2.39. The molecule has 0 saturated heterocycles. The molecule has 0 atom stereocenters. The lowest BCUT2D eigenvalue weighted by Gasteiger charge is -2.05. The third-order valence-electron chi connectivity index (χ3n) is 2.69. The molecule has 108 valence electrons. The zero-order chi connectivity index (χ0) is 15.4. The van der Waals surface area contributed by atoms with E-state index in [2.05, 4.69) is 5.32 Å². The molecule has 2 rings (SSSR count). The molecule has 6 nitrogen and oxygen atoms in total. The molecule has 0 saturated carbocycles. The number of nitrogens with one attached hydrogen (secondary N) is 1. The van der Waals surface area contributed by atoms with Crippen LogP contribution in [0.15, 0.2) is 52.3 Å². The van der Waals surface area contributed by atoms with E-state index in [4.69, 9.17) is 0 Å². The Morgan fingerprint density at radius 2 is 2.05 bits per heavy atom. The molecule has 0 fully saturated rings. The van der Waals surface area contributed by atoms with Gasteiger partial charge in [-0.05, 0) is 30.3 Å². The van der Waals surface area contributed by atoms with Gasteiger partial charge in [-0.1, -0.05) is 17.8 Å². The highest BCUT2D eigenvalue weighted by atomic mass is 32.2. The van der Waals surface area contributed by atoms with Gasteiger partial charge in [-0.15, -0.1) is 0 Å². The number of hydrogen-bond acceptors (Lipinski definition) is 5. The third kappa shape index (κ3) is 3.51. The van der Waals surface area contributed by atoms with Crippen LogP contribution in [0.2, 0.25) is 0 Å². The SMILES string of the molecule is CNC(=O)c1ccc(Sc2cccc(O)c2)c([N+](=O)[O-])c1. The number of phenols is 1. The lowest BCUT2D eigenvalue weighted by atomic mass is 10.2. The van der Waals surface area contributed by atoms with Gasteiger partial charge in [-0.2, -0.15) is 0 Å². The topological polar surface area (TPSA) is 92.5 Å². The van der Waals surface area contributed by atoms with Gasteiger partial charge in [-0.3, -0.25) is 14.9 Å². The van der Waals surface area contributed by atoms with Gasteiger partial charge in [0.1, 0.15) is 5.75 Å². The maximum Gasteiger partial charge on any atom is 0.284 e. The van der Waals surface area contributed by atoms with Crippen LogP contribution in [0.1, 0.15) is 10.4 Å². The van der Waals surface area contributed by atoms with E-state index in [0.717, 1.165) is 11.8 Å². The number of aromatic hydroxyl groups is 1. The average Bonchev–Trinajstić information content (AvgIpc) is 2.46. The lowest BCUT2D eigenvalue weighted by molar-refractivity contribution is -0.387. The summed E-state index contributed by atoms with van der Waals surface area (Å²) < 4.78 is 0. The summed E-state index contributed by atoms with van der Waals surface area (Å²) in [6, 6.07) is 10.7. The summed E-state index contributed by atoms with van der Waals surface area (Å²) in [5.41, 5.74) is 0.0777. The monoisotopic (exact) mass is 304 g/mol. The molecule has 7 heteroatoms. The number of carbonyl (C=O) groups is 1. The first kappa shape index (κ1) is 14.9. The van der Waals surface area contributed by atoms with Crippen molar-refractivity contribution in [2.45, 2.75) is 9.79 Å². The molecule has 21 heavy (non-hydrogen) atoms. The number of nitro groups is 1. The van der Waals surface area contributed by atoms with Crippen LogP contribution in [0.25, 0.3) is 0 Å². The van der Waals surface area contributed by atoms with Crippen molar-refractivity contribution in [2.75, 3.05) is 7.05 Å². The fourth-order valence-corrected chi connectivity index (χ4v) is 2.66. The van der Waals surface area contributed by atoms with Gasteiger partial charge in [0.05, 0.1) is 9.82 Å². The summed E-state index contributed by atoms with van der Waals surface area (Å²) in [7, 11) is 1.46. The minimum absolute atomic E-state index is 0.0876. The van der Waals surface area contributed by atoms with Crippen LogP contribution in [0.3, 0.4) is 0 Å². The summed E-state index contributed by atoms with van der Waals surface area (Å²) in [5, 5.41) is 23.0. The second kappa shape index (κ2) is 6.27. The fraction of sp³-hybridized carbons (Fsp3) is 0.0714. The summed E-state index contributed by atoms with van der Waals surface area (Å²) >= 11 is 1.15. The van der Waals surface area contributed by atoms with Crippen molar-refractivity contribution >= 4 is 23.4 Å². The number of nitrogens with zero attached hydrogens (tertiary/aromatic N) is 1. The molecular formula is C14H12N2O4S. The van der Waals surface area contributed by atoms with E-state index in [1.54, 1.807) is 12.1 Å². The number of phenolic OH excluding ortho intramolecular Hbond substituents is 1. The Bertz CT molecular complexity index is 703. The number of amides is 1. The zero-order valence-electron chi connectivity index (χ0n) is 11.1. The van der Waals surface area contributed by atoms with E-state index >= 15 is 0 Å². The van der Waals surface area contributed by atoms with Crippen LogP contribution >= 0.6 is 11.8 Å². The molecule has 0 spiro atoms. The molecule has 0 bridgehead atoms. The summed E-state index contributed by atoms with van der Waals surface area (Å²) in [5.74, 6) is -0.295. The molecule has 0 radical (unpaired) electrons.